The van der Waals surface area contributed by atoms with Crippen molar-refractivity contribution in [2.45, 2.75) is 98.8 Å². The van der Waals surface area contributed by atoms with Crippen LogP contribution in [0.3, 0.4) is 0 Å². The van der Waals surface area contributed by atoms with Crippen molar-refractivity contribution in [3.05, 3.63) is 23.8 Å². The van der Waals surface area contributed by atoms with Crippen LogP contribution in [0.5, 0.6) is 11.5 Å². The first kappa shape index (κ1) is 32.9. The van der Waals surface area contributed by atoms with Crippen LogP contribution in [0.4, 0.5) is 4.79 Å². The van der Waals surface area contributed by atoms with Crippen molar-refractivity contribution in [1.29, 1.82) is 0 Å². The van der Waals surface area contributed by atoms with Gasteiger partial charge in [-0.3, -0.25) is 14.4 Å². The van der Waals surface area contributed by atoms with Crippen LogP contribution in [-0.2, 0) is 35.0 Å². The second-order valence-electron chi connectivity index (χ2n) is 9.79. The molecular weight excluding hydrogens is 494 g/mol. The molecule has 0 amide bonds. The summed E-state index contributed by atoms with van der Waals surface area (Å²) in [4.78, 5) is 49.1. The van der Waals surface area contributed by atoms with E-state index in [2.05, 4.69) is 0 Å². The molecule has 0 bridgehead atoms. The van der Waals surface area contributed by atoms with Gasteiger partial charge in [0.1, 0.15) is 18.8 Å². The Morgan fingerprint density at radius 3 is 1.87 bits per heavy atom. The van der Waals surface area contributed by atoms with Crippen molar-refractivity contribution < 1.29 is 42.9 Å². The topological polar surface area (TPSA) is 140 Å². The summed E-state index contributed by atoms with van der Waals surface area (Å²) in [5.41, 5.74) is 6.63. The van der Waals surface area contributed by atoms with E-state index in [9.17, 15) is 19.2 Å². The van der Waals surface area contributed by atoms with Crippen LogP contribution in [0.2, 0.25) is 0 Å². The van der Waals surface area contributed by atoms with Crippen molar-refractivity contribution in [3.63, 3.8) is 0 Å². The van der Waals surface area contributed by atoms with Gasteiger partial charge in [-0.15, -0.1) is 0 Å². The highest BCUT2D eigenvalue weighted by atomic mass is 16.7. The Morgan fingerprint density at radius 2 is 1.34 bits per heavy atom. The number of carbonyl (C=O) groups is 4. The average Bonchev–Trinajstić information content (AvgIpc) is 2.84. The Balaban J connectivity index is 2.93. The van der Waals surface area contributed by atoms with Crippen molar-refractivity contribution in [1.82, 2.24) is 0 Å². The molecule has 214 valence electrons. The number of rotatable bonds is 15. The molecule has 0 saturated carbocycles. The summed E-state index contributed by atoms with van der Waals surface area (Å²) in [7, 11) is 0. The second-order valence-corrected chi connectivity index (χ2v) is 9.79. The SMILES string of the molecule is CCCC(C)C(=O)Oc1ccc(C[C@H](N)C(=O)O[C@@H](C)COC(=O)OC(C)C)cc1OC(=O)C(C)CCC. The van der Waals surface area contributed by atoms with Crippen molar-refractivity contribution in [2.75, 3.05) is 6.61 Å². The van der Waals surface area contributed by atoms with E-state index in [1.165, 1.54) is 12.1 Å². The van der Waals surface area contributed by atoms with Gasteiger partial charge in [0, 0.05) is 0 Å². The molecule has 0 spiro atoms. The molecule has 38 heavy (non-hydrogen) atoms. The first-order chi connectivity index (χ1) is 17.9. The highest BCUT2D eigenvalue weighted by Gasteiger charge is 2.24. The number of carbonyl (C=O) groups excluding carboxylic acids is 4. The number of nitrogens with two attached hydrogens (primary N) is 1. The smallest absolute Gasteiger partial charge is 0.458 e. The molecule has 1 aromatic carbocycles. The van der Waals surface area contributed by atoms with Gasteiger partial charge in [0.15, 0.2) is 11.5 Å². The maximum Gasteiger partial charge on any atom is 0.508 e. The molecule has 10 nitrogen and oxygen atoms in total. The van der Waals surface area contributed by atoms with E-state index in [-0.39, 0.29) is 42.5 Å². The maximum absolute atomic E-state index is 12.6. The molecule has 0 aliphatic carbocycles. The van der Waals surface area contributed by atoms with E-state index in [1.807, 2.05) is 13.8 Å². The Morgan fingerprint density at radius 1 is 0.789 bits per heavy atom. The fourth-order valence-corrected chi connectivity index (χ4v) is 3.43. The zero-order valence-corrected chi connectivity index (χ0v) is 23.6. The van der Waals surface area contributed by atoms with E-state index in [4.69, 9.17) is 29.4 Å². The van der Waals surface area contributed by atoms with Gasteiger partial charge in [-0.1, -0.05) is 46.6 Å². The molecule has 2 unspecified atom stereocenters. The molecule has 10 heteroatoms. The molecule has 0 fully saturated rings. The summed E-state index contributed by atoms with van der Waals surface area (Å²) in [6.45, 7) is 12.2. The van der Waals surface area contributed by atoms with Gasteiger partial charge in [0.25, 0.3) is 0 Å². The van der Waals surface area contributed by atoms with Gasteiger partial charge in [0.2, 0.25) is 0 Å². The zero-order valence-electron chi connectivity index (χ0n) is 23.6. The summed E-state index contributed by atoms with van der Waals surface area (Å²) in [5.74, 6) is -2.03. The van der Waals surface area contributed by atoms with Gasteiger partial charge in [-0.2, -0.15) is 0 Å². The van der Waals surface area contributed by atoms with E-state index in [1.54, 1.807) is 40.7 Å². The van der Waals surface area contributed by atoms with Gasteiger partial charge in [-0.25, -0.2) is 4.79 Å². The van der Waals surface area contributed by atoms with Gasteiger partial charge < -0.3 is 29.4 Å². The fraction of sp³-hybridized carbons (Fsp3) is 0.643. The van der Waals surface area contributed by atoms with E-state index >= 15 is 0 Å². The van der Waals surface area contributed by atoms with Crippen LogP contribution >= 0.6 is 0 Å². The summed E-state index contributed by atoms with van der Waals surface area (Å²) < 4.78 is 26.2. The molecule has 1 aromatic rings. The highest BCUT2D eigenvalue weighted by Crippen LogP contribution is 2.31. The third kappa shape index (κ3) is 11.9. The largest absolute Gasteiger partial charge is 0.508 e. The van der Waals surface area contributed by atoms with Crippen LogP contribution in [0.25, 0.3) is 0 Å². The lowest BCUT2D eigenvalue weighted by molar-refractivity contribution is -0.152. The molecule has 4 atom stereocenters. The minimum Gasteiger partial charge on any atom is -0.458 e. The summed E-state index contributed by atoms with van der Waals surface area (Å²) in [6.07, 6.45) is 1.09. The third-order valence-corrected chi connectivity index (χ3v) is 5.52. The normalized spacial score (nSPS) is 14.1. The number of benzene rings is 1. The van der Waals surface area contributed by atoms with Crippen LogP contribution in [0.15, 0.2) is 18.2 Å². The second kappa shape index (κ2) is 16.7. The molecular formula is C28H43NO9. The van der Waals surface area contributed by atoms with Crippen molar-refractivity contribution >= 4 is 24.1 Å². The molecule has 2 N–H and O–H groups in total. The number of hydrogen-bond donors (Lipinski definition) is 1. The minimum absolute atomic E-state index is 0.0668. The molecule has 0 radical (unpaired) electrons. The van der Waals surface area contributed by atoms with Gasteiger partial charge in [-0.05, 0) is 57.7 Å². The Bertz CT molecular complexity index is 931. The summed E-state index contributed by atoms with van der Waals surface area (Å²) in [5, 5.41) is 0. The molecule has 0 heterocycles. The third-order valence-electron chi connectivity index (χ3n) is 5.52. The van der Waals surface area contributed by atoms with Crippen LogP contribution in [-0.4, -0.2) is 48.9 Å². The number of ether oxygens (including phenoxy) is 5. The lowest BCUT2D eigenvalue weighted by Crippen LogP contribution is -2.37. The molecule has 1 rings (SSSR count). The number of hydrogen-bond acceptors (Lipinski definition) is 10. The average molecular weight is 538 g/mol. The zero-order chi connectivity index (χ0) is 28.8. The fourth-order valence-electron chi connectivity index (χ4n) is 3.43. The lowest BCUT2D eigenvalue weighted by Gasteiger charge is -2.18. The minimum atomic E-state index is -1.04. The molecule has 0 aromatic heterocycles. The molecule has 0 aliphatic rings. The number of esters is 3. The van der Waals surface area contributed by atoms with Crippen molar-refractivity contribution in [3.8, 4) is 11.5 Å². The molecule has 0 saturated heterocycles. The van der Waals surface area contributed by atoms with Crippen LogP contribution in [0.1, 0.15) is 79.7 Å². The first-order valence-corrected chi connectivity index (χ1v) is 13.2. The van der Waals surface area contributed by atoms with Gasteiger partial charge in [0.05, 0.1) is 17.9 Å². The van der Waals surface area contributed by atoms with E-state index < -0.39 is 36.2 Å². The summed E-state index contributed by atoms with van der Waals surface area (Å²) >= 11 is 0. The standard InChI is InChI=1S/C28H43NO9/c1-8-10-18(5)25(30)37-23-13-12-21(15-24(23)38-26(31)19(6)11-9-2)14-22(29)27(32)36-20(7)16-34-28(33)35-17(3)4/h12-13,15,17-20,22H,8-11,14,16,29H2,1-7H3/t18?,19?,20-,22-/m0/s1. The lowest BCUT2D eigenvalue weighted by atomic mass is 10.0. The predicted molar refractivity (Wildman–Crippen MR) is 141 cm³/mol. The Hall–Kier alpha value is -3.14. The summed E-state index contributed by atoms with van der Waals surface area (Å²) in [6, 6.07) is 3.65. The predicted octanol–water partition coefficient (Wildman–Crippen LogP) is 4.73. The highest BCUT2D eigenvalue weighted by molar-refractivity contribution is 5.79. The quantitative estimate of drug-likeness (QED) is 0.246. The van der Waals surface area contributed by atoms with E-state index in [0.29, 0.717) is 18.4 Å². The maximum atomic E-state index is 12.6. The Kier molecular flexibility index (Phi) is 14.4. The molecule has 0 aliphatic heterocycles. The Labute approximate surface area is 225 Å². The van der Waals surface area contributed by atoms with Gasteiger partial charge >= 0.3 is 24.1 Å². The van der Waals surface area contributed by atoms with E-state index in [0.717, 1.165) is 12.8 Å². The van der Waals surface area contributed by atoms with Crippen LogP contribution in [0, 0.1) is 11.8 Å². The van der Waals surface area contributed by atoms with Crippen LogP contribution < -0.4 is 15.2 Å². The first-order valence-electron chi connectivity index (χ1n) is 13.2. The van der Waals surface area contributed by atoms with Crippen molar-refractivity contribution in [2.24, 2.45) is 17.6 Å². The monoisotopic (exact) mass is 537 g/mol.